The first-order chi connectivity index (χ1) is 8.72. The van der Waals surface area contributed by atoms with Crippen molar-refractivity contribution in [3.8, 4) is 0 Å². The van der Waals surface area contributed by atoms with E-state index in [1.54, 1.807) is 6.20 Å². The Bertz CT molecular complexity index is 375. The quantitative estimate of drug-likeness (QED) is 0.858. The number of nitrogens with one attached hydrogen (secondary N) is 1. The standard InChI is InChI=1S/C14H24ClN3/c1-3-8-16-14-6-4-5-12(14)7-9-18-11(2)13(15)10-17-18/h10,12,14,16H,3-9H2,1-2H3. The largest absolute Gasteiger partial charge is 0.314 e. The summed E-state index contributed by atoms with van der Waals surface area (Å²) >= 11 is 6.03. The smallest absolute Gasteiger partial charge is 0.0814 e. The highest BCUT2D eigenvalue weighted by atomic mass is 35.5. The fourth-order valence-electron chi connectivity index (χ4n) is 2.92. The summed E-state index contributed by atoms with van der Waals surface area (Å²) < 4.78 is 2.04. The number of aromatic nitrogens is 2. The molecule has 1 heterocycles. The molecular weight excluding hydrogens is 246 g/mol. The van der Waals surface area contributed by atoms with Crippen LogP contribution in [0.25, 0.3) is 0 Å². The van der Waals surface area contributed by atoms with Crippen molar-refractivity contribution in [3.63, 3.8) is 0 Å². The minimum Gasteiger partial charge on any atom is -0.314 e. The second-order valence-corrected chi connectivity index (χ2v) is 5.75. The molecule has 2 atom stereocenters. The number of hydrogen-bond donors (Lipinski definition) is 1. The van der Waals surface area contributed by atoms with Crippen LogP contribution in [0.2, 0.25) is 5.02 Å². The van der Waals surface area contributed by atoms with Gasteiger partial charge in [-0.25, -0.2) is 0 Å². The van der Waals surface area contributed by atoms with Gasteiger partial charge in [-0.1, -0.05) is 24.9 Å². The SMILES string of the molecule is CCCNC1CCCC1CCn1ncc(Cl)c1C. The molecule has 1 aromatic heterocycles. The van der Waals surface area contributed by atoms with Gasteiger partial charge in [0.2, 0.25) is 0 Å². The van der Waals surface area contributed by atoms with E-state index >= 15 is 0 Å². The van der Waals surface area contributed by atoms with Gasteiger partial charge in [-0.2, -0.15) is 5.10 Å². The molecule has 0 radical (unpaired) electrons. The first-order valence-corrected chi connectivity index (χ1v) is 7.51. The topological polar surface area (TPSA) is 29.9 Å². The predicted molar refractivity (Wildman–Crippen MR) is 76.0 cm³/mol. The Morgan fingerprint density at radius 2 is 2.33 bits per heavy atom. The lowest BCUT2D eigenvalue weighted by molar-refractivity contribution is 0.353. The van der Waals surface area contributed by atoms with Crippen LogP contribution in [0.5, 0.6) is 0 Å². The molecule has 0 spiro atoms. The molecule has 1 fully saturated rings. The van der Waals surface area contributed by atoms with Gasteiger partial charge >= 0.3 is 0 Å². The van der Waals surface area contributed by atoms with Crippen molar-refractivity contribution in [2.24, 2.45) is 5.92 Å². The number of nitrogens with zero attached hydrogens (tertiary/aromatic N) is 2. The highest BCUT2D eigenvalue weighted by molar-refractivity contribution is 6.31. The Labute approximate surface area is 115 Å². The summed E-state index contributed by atoms with van der Waals surface area (Å²) in [6.45, 7) is 6.41. The number of aryl methyl sites for hydroxylation is 1. The fourth-order valence-corrected chi connectivity index (χ4v) is 3.06. The van der Waals surface area contributed by atoms with Crippen LogP contribution in [0.15, 0.2) is 6.20 Å². The molecule has 1 aromatic rings. The average Bonchev–Trinajstić information content (AvgIpc) is 2.94. The van der Waals surface area contributed by atoms with Crippen LogP contribution in [-0.4, -0.2) is 22.4 Å². The minimum absolute atomic E-state index is 0.719. The summed E-state index contributed by atoms with van der Waals surface area (Å²) in [6.07, 6.45) is 8.24. The zero-order valence-corrected chi connectivity index (χ0v) is 12.2. The Kier molecular flexibility index (Phi) is 5.07. The molecule has 2 unspecified atom stereocenters. The normalized spacial score (nSPS) is 23.7. The van der Waals surface area contributed by atoms with E-state index in [-0.39, 0.29) is 0 Å². The lowest BCUT2D eigenvalue weighted by Gasteiger charge is -2.21. The van der Waals surface area contributed by atoms with Gasteiger partial charge in [0, 0.05) is 12.6 Å². The molecule has 1 N–H and O–H groups in total. The highest BCUT2D eigenvalue weighted by Crippen LogP contribution is 2.29. The second-order valence-electron chi connectivity index (χ2n) is 5.34. The third-order valence-electron chi connectivity index (χ3n) is 4.07. The van der Waals surface area contributed by atoms with Crippen LogP contribution in [0.3, 0.4) is 0 Å². The van der Waals surface area contributed by atoms with Crippen molar-refractivity contribution in [2.45, 2.75) is 58.5 Å². The maximum Gasteiger partial charge on any atom is 0.0814 e. The van der Waals surface area contributed by atoms with Gasteiger partial charge in [-0.05, 0) is 45.1 Å². The first kappa shape index (κ1) is 13.9. The molecule has 0 saturated heterocycles. The number of hydrogen-bond acceptors (Lipinski definition) is 2. The van der Waals surface area contributed by atoms with Crippen molar-refractivity contribution < 1.29 is 0 Å². The van der Waals surface area contributed by atoms with E-state index in [0.29, 0.717) is 0 Å². The second kappa shape index (κ2) is 6.58. The molecule has 3 nitrogen and oxygen atoms in total. The molecular formula is C14H24ClN3. The zero-order valence-electron chi connectivity index (χ0n) is 11.5. The third-order valence-corrected chi connectivity index (χ3v) is 4.44. The third kappa shape index (κ3) is 3.27. The van der Waals surface area contributed by atoms with Gasteiger partial charge in [0.05, 0.1) is 16.9 Å². The summed E-state index contributed by atoms with van der Waals surface area (Å²) in [6, 6.07) is 0.719. The van der Waals surface area contributed by atoms with Crippen LogP contribution in [-0.2, 0) is 6.54 Å². The van der Waals surface area contributed by atoms with Crippen molar-refractivity contribution in [2.75, 3.05) is 6.54 Å². The zero-order chi connectivity index (χ0) is 13.0. The van der Waals surface area contributed by atoms with Crippen LogP contribution in [0.4, 0.5) is 0 Å². The molecule has 0 aromatic carbocycles. The predicted octanol–water partition coefficient (Wildman–Crippen LogP) is 3.40. The van der Waals surface area contributed by atoms with Crippen LogP contribution in [0.1, 0.15) is 44.7 Å². The van der Waals surface area contributed by atoms with Crippen molar-refractivity contribution in [1.82, 2.24) is 15.1 Å². The van der Waals surface area contributed by atoms with Gasteiger partial charge in [-0.15, -0.1) is 0 Å². The van der Waals surface area contributed by atoms with Gasteiger partial charge < -0.3 is 5.32 Å². The summed E-state index contributed by atoms with van der Waals surface area (Å²) in [5, 5.41) is 8.79. The molecule has 1 saturated carbocycles. The summed E-state index contributed by atoms with van der Waals surface area (Å²) in [5.74, 6) is 0.805. The molecule has 0 aliphatic heterocycles. The summed E-state index contributed by atoms with van der Waals surface area (Å²) in [7, 11) is 0. The Morgan fingerprint density at radius 3 is 3.00 bits per heavy atom. The van der Waals surface area contributed by atoms with Crippen LogP contribution < -0.4 is 5.32 Å². The van der Waals surface area contributed by atoms with Gasteiger partial charge in [-0.3, -0.25) is 4.68 Å². The maximum atomic E-state index is 6.03. The van der Waals surface area contributed by atoms with Gasteiger partial charge in [0.25, 0.3) is 0 Å². The van der Waals surface area contributed by atoms with E-state index in [1.165, 1.54) is 32.1 Å². The molecule has 1 aliphatic rings. The first-order valence-electron chi connectivity index (χ1n) is 7.13. The fraction of sp³-hybridized carbons (Fsp3) is 0.786. The van der Waals surface area contributed by atoms with Crippen molar-refractivity contribution >= 4 is 11.6 Å². The van der Waals surface area contributed by atoms with E-state index in [2.05, 4.69) is 17.3 Å². The lowest BCUT2D eigenvalue weighted by Crippen LogP contribution is -2.33. The molecule has 2 rings (SSSR count). The number of rotatable bonds is 6. The van der Waals surface area contributed by atoms with Crippen molar-refractivity contribution in [1.29, 1.82) is 0 Å². The summed E-state index contributed by atoms with van der Waals surface area (Å²) in [5.41, 5.74) is 1.09. The Hall–Kier alpha value is -0.540. The van der Waals surface area contributed by atoms with E-state index in [4.69, 9.17) is 11.6 Å². The minimum atomic E-state index is 0.719. The molecule has 4 heteroatoms. The molecule has 0 amide bonds. The average molecular weight is 270 g/mol. The highest BCUT2D eigenvalue weighted by Gasteiger charge is 2.26. The molecule has 102 valence electrons. The molecule has 18 heavy (non-hydrogen) atoms. The van der Waals surface area contributed by atoms with E-state index in [1.807, 2.05) is 11.6 Å². The monoisotopic (exact) mass is 269 g/mol. The van der Waals surface area contributed by atoms with Gasteiger partial charge in [0.15, 0.2) is 0 Å². The van der Waals surface area contributed by atoms with Crippen molar-refractivity contribution in [3.05, 3.63) is 16.9 Å². The van der Waals surface area contributed by atoms with E-state index in [0.717, 1.165) is 35.8 Å². The van der Waals surface area contributed by atoms with Crippen LogP contribution in [0, 0.1) is 12.8 Å². The van der Waals surface area contributed by atoms with E-state index < -0.39 is 0 Å². The molecule has 0 bridgehead atoms. The number of halogens is 1. The molecule has 1 aliphatic carbocycles. The van der Waals surface area contributed by atoms with E-state index in [9.17, 15) is 0 Å². The summed E-state index contributed by atoms with van der Waals surface area (Å²) in [4.78, 5) is 0. The maximum absolute atomic E-state index is 6.03. The lowest BCUT2D eigenvalue weighted by atomic mass is 9.99. The Balaban J connectivity index is 1.83. The van der Waals surface area contributed by atoms with Crippen LogP contribution >= 0.6 is 11.6 Å². The van der Waals surface area contributed by atoms with Gasteiger partial charge in [0.1, 0.15) is 0 Å². The Morgan fingerprint density at radius 1 is 1.50 bits per heavy atom.